The summed E-state index contributed by atoms with van der Waals surface area (Å²) in [5.41, 5.74) is 1.90. The third-order valence-electron chi connectivity index (χ3n) is 5.22. The lowest BCUT2D eigenvalue weighted by Gasteiger charge is -2.23. The molecule has 2 aliphatic heterocycles. The van der Waals surface area contributed by atoms with Gasteiger partial charge in [-0.15, -0.1) is 12.4 Å². The second-order valence-electron chi connectivity index (χ2n) is 6.83. The minimum Gasteiger partial charge on any atom is -0.337 e. The maximum absolute atomic E-state index is 12.8. The van der Waals surface area contributed by atoms with Gasteiger partial charge in [-0.1, -0.05) is 30.3 Å². The topological polar surface area (TPSA) is 50.2 Å². The molecule has 1 aromatic carbocycles. The first-order chi connectivity index (χ1) is 11.8. The number of carbonyl (C=O) groups is 1. The Morgan fingerprint density at radius 1 is 1.16 bits per heavy atom. The maximum Gasteiger partial charge on any atom is 0.274 e. The smallest absolute Gasteiger partial charge is 0.274 e. The molecule has 0 aliphatic carbocycles. The highest BCUT2D eigenvalue weighted by Crippen LogP contribution is 2.28. The van der Waals surface area contributed by atoms with Crippen LogP contribution in [0.1, 0.15) is 47.3 Å². The van der Waals surface area contributed by atoms with Crippen molar-refractivity contribution in [3.8, 4) is 0 Å². The minimum absolute atomic E-state index is 0. The van der Waals surface area contributed by atoms with Crippen LogP contribution in [0.25, 0.3) is 0 Å². The number of halogens is 1. The summed E-state index contributed by atoms with van der Waals surface area (Å²) < 4.78 is 1.96. The van der Waals surface area contributed by atoms with Gasteiger partial charge in [0.1, 0.15) is 5.69 Å². The number of carbonyl (C=O) groups excluding carboxylic acids is 1. The third kappa shape index (κ3) is 3.88. The molecule has 2 fully saturated rings. The molecule has 4 rings (SSSR count). The van der Waals surface area contributed by atoms with Crippen LogP contribution in [0.4, 0.5) is 0 Å². The lowest BCUT2D eigenvalue weighted by atomic mass is 9.99. The van der Waals surface area contributed by atoms with Gasteiger partial charge in [-0.05, 0) is 37.4 Å². The fourth-order valence-corrected chi connectivity index (χ4v) is 3.82. The zero-order valence-corrected chi connectivity index (χ0v) is 15.1. The Kier molecular flexibility index (Phi) is 5.76. The number of hydrogen-bond acceptors (Lipinski definition) is 3. The Bertz CT molecular complexity index is 696. The number of aromatic nitrogens is 2. The van der Waals surface area contributed by atoms with Crippen LogP contribution in [0.15, 0.2) is 42.6 Å². The summed E-state index contributed by atoms with van der Waals surface area (Å²) in [5.74, 6) is 0.510. The molecule has 1 N–H and O–H groups in total. The van der Waals surface area contributed by atoms with Crippen molar-refractivity contribution < 1.29 is 4.79 Å². The molecular formula is C19H25ClN4O. The summed E-state index contributed by atoms with van der Waals surface area (Å²) in [6, 6.07) is 12.7. The van der Waals surface area contributed by atoms with Gasteiger partial charge in [-0.3, -0.25) is 9.48 Å². The van der Waals surface area contributed by atoms with Crippen molar-refractivity contribution in [2.75, 3.05) is 26.2 Å². The second kappa shape index (κ2) is 8.02. The van der Waals surface area contributed by atoms with Gasteiger partial charge in [0.2, 0.25) is 0 Å². The van der Waals surface area contributed by atoms with E-state index in [1.165, 1.54) is 12.0 Å². The summed E-state index contributed by atoms with van der Waals surface area (Å²) in [6.45, 7) is 3.63. The molecule has 2 aliphatic rings. The van der Waals surface area contributed by atoms with Crippen molar-refractivity contribution in [3.05, 3.63) is 53.9 Å². The normalized spacial score (nSPS) is 23.3. The van der Waals surface area contributed by atoms with Crippen molar-refractivity contribution >= 4 is 18.3 Å². The highest BCUT2D eigenvalue weighted by atomic mass is 35.5. The van der Waals surface area contributed by atoms with E-state index in [0.29, 0.717) is 17.7 Å². The fourth-order valence-electron chi connectivity index (χ4n) is 3.82. The first kappa shape index (κ1) is 18.0. The number of nitrogens with one attached hydrogen (secondary N) is 1. The fraction of sp³-hybridized carbons (Fsp3) is 0.474. The summed E-state index contributed by atoms with van der Waals surface area (Å²) in [4.78, 5) is 14.7. The lowest BCUT2D eigenvalue weighted by Crippen LogP contribution is -2.32. The van der Waals surface area contributed by atoms with Crippen molar-refractivity contribution in [1.82, 2.24) is 20.0 Å². The molecule has 3 heterocycles. The quantitative estimate of drug-likeness (QED) is 0.915. The molecule has 5 nitrogen and oxygen atoms in total. The molecule has 0 radical (unpaired) electrons. The Morgan fingerprint density at radius 2 is 2.00 bits per heavy atom. The van der Waals surface area contributed by atoms with E-state index in [0.717, 1.165) is 39.0 Å². The van der Waals surface area contributed by atoms with Crippen LogP contribution in [-0.2, 0) is 0 Å². The van der Waals surface area contributed by atoms with E-state index in [1.54, 1.807) is 0 Å². The van der Waals surface area contributed by atoms with Crippen LogP contribution in [0.5, 0.6) is 0 Å². The zero-order valence-electron chi connectivity index (χ0n) is 14.3. The number of likely N-dealkylation sites (tertiary alicyclic amines) is 1. The molecule has 2 unspecified atom stereocenters. The first-order valence-electron chi connectivity index (χ1n) is 8.91. The van der Waals surface area contributed by atoms with Crippen LogP contribution in [-0.4, -0.2) is 46.8 Å². The van der Waals surface area contributed by atoms with E-state index in [2.05, 4.69) is 34.7 Å². The Hall–Kier alpha value is -1.85. The van der Waals surface area contributed by atoms with Crippen LogP contribution in [0.3, 0.4) is 0 Å². The minimum atomic E-state index is 0. The molecule has 2 saturated heterocycles. The van der Waals surface area contributed by atoms with E-state index in [1.807, 2.05) is 27.9 Å². The predicted octanol–water partition coefficient (Wildman–Crippen LogP) is 2.86. The third-order valence-corrected chi connectivity index (χ3v) is 5.22. The second-order valence-corrected chi connectivity index (χ2v) is 6.83. The molecule has 0 saturated carbocycles. The molecular weight excluding hydrogens is 336 g/mol. The molecule has 2 atom stereocenters. The molecule has 25 heavy (non-hydrogen) atoms. The van der Waals surface area contributed by atoms with Gasteiger partial charge in [-0.2, -0.15) is 5.10 Å². The number of piperidine rings is 1. The van der Waals surface area contributed by atoms with Crippen molar-refractivity contribution in [2.24, 2.45) is 0 Å². The van der Waals surface area contributed by atoms with E-state index in [4.69, 9.17) is 0 Å². The van der Waals surface area contributed by atoms with Gasteiger partial charge in [0, 0.05) is 31.7 Å². The lowest BCUT2D eigenvalue weighted by molar-refractivity contribution is 0.0783. The van der Waals surface area contributed by atoms with Crippen molar-refractivity contribution in [1.29, 1.82) is 0 Å². The standard InChI is InChI=1S/C19H24N4O.ClH/c24-19(18-9-12-23(21-18)17-7-4-10-20-13-17)22-11-8-16(14-22)15-5-2-1-3-6-15;/h1-3,5-6,9,12,16-17,20H,4,7-8,10-11,13-14H2;1H. The number of rotatable bonds is 3. The number of benzene rings is 1. The molecule has 0 spiro atoms. The maximum atomic E-state index is 12.8. The SMILES string of the molecule is Cl.O=C(c1ccn(C2CCCNC2)n1)N1CCC(c2ccccc2)C1. The number of amides is 1. The van der Waals surface area contributed by atoms with Gasteiger partial charge >= 0.3 is 0 Å². The summed E-state index contributed by atoms with van der Waals surface area (Å²) >= 11 is 0. The van der Waals surface area contributed by atoms with E-state index in [-0.39, 0.29) is 18.3 Å². The van der Waals surface area contributed by atoms with Crippen LogP contribution in [0.2, 0.25) is 0 Å². The van der Waals surface area contributed by atoms with E-state index in [9.17, 15) is 4.79 Å². The highest BCUT2D eigenvalue weighted by Gasteiger charge is 2.29. The van der Waals surface area contributed by atoms with Crippen LogP contribution < -0.4 is 5.32 Å². The van der Waals surface area contributed by atoms with Crippen molar-refractivity contribution in [2.45, 2.75) is 31.2 Å². The van der Waals surface area contributed by atoms with Gasteiger partial charge in [0.15, 0.2) is 0 Å². The Balaban J connectivity index is 0.00000182. The molecule has 0 bridgehead atoms. The summed E-state index contributed by atoms with van der Waals surface area (Å²) in [6.07, 6.45) is 5.28. The van der Waals surface area contributed by atoms with Crippen molar-refractivity contribution in [3.63, 3.8) is 0 Å². The number of nitrogens with zero attached hydrogens (tertiary/aromatic N) is 3. The van der Waals surface area contributed by atoms with Crippen LogP contribution >= 0.6 is 12.4 Å². The van der Waals surface area contributed by atoms with Gasteiger partial charge < -0.3 is 10.2 Å². The van der Waals surface area contributed by atoms with Gasteiger partial charge in [-0.25, -0.2) is 0 Å². The average Bonchev–Trinajstić information content (AvgIpc) is 3.33. The van der Waals surface area contributed by atoms with E-state index >= 15 is 0 Å². The van der Waals surface area contributed by atoms with E-state index < -0.39 is 0 Å². The Morgan fingerprint density at radius 3 is 2.76 bits per heavy atom. The number of hydrogen-bond donors (Lipinski definition) is 1. The Labute approximate surface area is 154 Å². The molecule has 1 aromatic heterocycles. The predicted molar refractivity (Wildman–Crippen MR) is 100 cm³/mol. The molecule has 134 valence electrons. The highest BCUT2D eigenvalue weighted by molar-refractivity contribution is 5.92. The van der Waals surface area contributed by atoms with Gasteiger partial charge in [0.05, 0.1) is 6.04 Å². The molecule has 1 amide bonds. The summed E-state index contributed by atoms with van der Waals surface area (Å²) in [5, 5.41) is 7.96. The average molecular weight is 361 g/mol. The van der Waals surface area contributed by atoms with Crippen LogP contribution in [0, 0.1) is 0 Å². The van der Waals surface area contributed by atoms with Gasteiger partial charge in [0.25, 0.3) is 5.91 Å². The molecule has 2 aromatic rings. The monoisotopic (exact) mass is 360 g/mol. The molecule has 6 heteroatoms. The summed E-state index contributed by atoms with van der Waals surface area (Å²) in [7, 11) is 0. The zero-order chi connectivity index (χ0) is 16.4. The first-order valence-corrected chi connectivity index (χ1v) is 8.91. The largest absolute Gasteiger partial charge is 0.337 e.